The predicted octanol–water partition coefficient (Wildman–Crippen LogP) is 4.51. The number of carbonyl (C=O) groups excluding carboxylic acids is 1. The van der Waals surface area contributed by atoms with Gasteiger partial charge < -0.3 is 5.32 Å². The largest absolute Gasteiger partial charge is 0.347 e. The molecule has 94 valence electrons. The number of thiophene rings is 1. The van der Waals surface area contributed by atoms with Gasteiger partial charge in [-0.05, 0) is 58.7 Å². The molecular formula is C13H11Br2NOS. The third kappa shape index (κ3) is 3.43. The van der Waals surface area contributed by atoms with Crippen molar-refractivity contribution >= 4 is 49.1 Å². The van der Waals surface area contributed by atoms with Gasteiger partial charge in [0, 0.05) is 14.9 Å². The van der Waals surface area contributed by atoms with Gasteiger partial charge in [0.05, 0.1) is 10.3 Å². The fourth-order valence-electron chi connectivity index (χ4n) is 1.59. The maximum absolute atomic E-state index is 12.0. The molecule has 0 atom stereocenters. The highest BCUT2D eigenvalue weighted by Crippen LogP contribution is 2.22. The average Bonchev–Trinajstić information content (AvgIpc) is 2.72. The highest BCUT2D eigenvalue weighted by Gasteiger charge is 2.09. The monoisotopic (exact) mass is 387 g/mol. The summed E-state index contributed by atoms with van der Waals surface area (Å²) in [5.74, 6) is -0.0375. The highest BCUT2D eigenvalue weighted by atomic mass is 79.9. The molecule has 1 aromatic heterocycles. The SMILES string of the molecule is Cc1cc(Br)ccc1C(=O)NCc1ccc(Br)s1. The Bertz CT molecular complexity index is 580. The lowest BCUT2D eigenvalue weighted by Crippen LogP contribution is -2.23. The predicted molar refractivity (Wildman–Crippen MR) is 82.1 cm³/mol. The Morgan fingerprint density at radius 3 is 2.67 bits per heavy atom. The van der Waals surface area contributed by atoms with Gasteiger partial charge in [0.2, 0.25) is 0 Å². The molecule has 2 rings (SSSR count). The lowest BCUT2D eigenvalue weighted by Gasteiger charge is -2.07. The van der Waals surface area contributed by atoms with Crippen LogP contribution in [0.15, 0.2) is 38.6 Å². The Kier molecular flexibility index (Phi) is 4.59. The number of nitrogens with one attached hydrogen (secondary N) is 1. The minimum Gasteiger partial charge on any atom is -0.347 e. The number of hydrogen-bond acceptors (Lipinski definition) is 2. The molecule has 0 aliphatic heterocycles. The van der Waals surface area contributed by atoms with E-state index in [9.17, 15) is 4.79 Å². The van der Waals surface area contributed by atoms with E-state index in [1.165, 1.54) is 0 Å². The van der Waals surface area contributed by atoms with Gasteiger partial charge in [-0.15, -0.1) is 11.3 Å². The zero-order valence-corrected chi connectivity index (χ0v) is 13.7. The van der Waals surface area contributed by atoms with Crippen LogP contribution < -0.4 is 5.32 Å². The number of hydrogen-bond donors (Lipinski definition) is 1. The van der Waals surface area contributed by atoms with Gasteiger partial charge in [-0.25, -0.2) is 0 Å². The number of aryl methyl sites for hydroxylation is 1. The zero-order valence-electron chi connectivity index (χ0n) is 9.67. The second kappa shape index (κ2) is 5.99. The molecule has 1 amide bonds. The summed E-state index contributed by atoms with van der Waals surface area (Å²) in [4.78, 5) is 13.2. The summed E-state index contributed by atoms with van der Waals surface area (Å²) in [5.41, 5.74) is 1.68. The number of amides is 1. The van der Waals surface area contributed by atoms with E-state index in [4.69, 9.17) is 0 Å². The summed E-state index contributed by atoms with van der Waals surface area (Å²) < 4.78 is 2.06. The first kappa shape index (κ1) is 13.8. The van der Waals surface area contributed by atoms with Crippen molar-refractivity contribution in [3.63, 3.8) is 0 Å². The molecule has 1 heterocycles. The first-order chi connectivity index (χ1) is 8.56. The molecule has 0 fully saturated rings. The van der Waals surface area contributed by atoms with Crippen LogP contribution in [-0.2, 0) is 6.54 Å². The van der Waals surface area contributed by atoms with E-state index in [1.807, 2.05) is 37.3 Å². The third-order valence-electron chi connectivity index (χ3n) is 2.49. The Morgan fingerprint density at radius 1 is 1.28 bits per heavy atom. The number of rotatable bonds is 3. The van der Waals surface area contributed by atoms with Crippen LogP contribution in [0.25, 0.3) is 0 Å². The van der Waals surface area contributed by atoms with Gasteiger partial charge in [-0.3, -0.25) is 4.79 Å². The molecule has 1 N–H and O–H groups in total. The molecule has 0 aliphatic rings. The van der Waals surface area contributed by atoms with E-state index < -0.39 is 0 Å². The molecule has 0 bridgehead atoms. The van der Waals surface area contributed by atoms with Crippen LogP contribution in [-0.4, -0.2) is 5.91 Å². The molecule has 2 aromatic rings. The second-order valence-electron chi connectivity index (χ2n) is 3.85. The fraction of sp³-hybridized carbons (Fsp3) is 0.154. The van der Waals surface area contributed by atoms with Gasteiger partial charge in [-0.2, -0.15) is 0 Å². The molecule has 18 heavy (non-hydrogen) atoms. The second-order valence-corrected chi connectivity index (χ2v) is 7.31. The summed E-state index contributed by atoms with van der Waals surface area (Å²) in [6.45, 7) is 2.49. The Labute approximate surface area is 127 Å². The number of halogens is 2. The normalized spacial score (nSPS) is 10.4. The fourth-order valence-corrected chi connectivity index (χ4v) is 3.49. The van der Waals surface area contributed by atoms with Crippen LogP contribution in [0.4, 0.5) is 0 Å². The minimum absolute atomic E-state index is 0.0375. The molecule has 0 spiro atoms. The van der Waals surface area contributed by atoms with Gasteiger partial charge in [-0.1, -0.05) is 15.9 Å². The molecule has 0 aliphatic carbocycles. The van der Waals surface area contributed by atoms with Gasteiger partial charge in [0.1, 0.15) is 0 Å². The molecular weight excluding hydrogens is 378 g/mol. The van der Waals surface area contributed by atoms with Crippen molar-refractivity contribution in [2.75, 3.05) is 0 Å². The molecule has 0 saturated heterocycles. The Hall–Kier alpha value is -0.650. The minimum atomic E-state index is -0.0375. The van der Waals surface area contributed by atoms with E-state index in [2.05, 4.69) is 37.2 Å². The van der Waals surface area contributed by atoms with Crippen molar-refractivity contribution in [2.24, 2.45) is 0 Å². The summed E-state index contributed by atoms with van der Waals surface area (Å²) in [7, 11) is 0. The quantitative estimate of drug-likeness (QED) is 0.823. The van der Waals surface area contributed by atoms with Crippen molar-refractivity contribution in [3.05, 3.63) is 54.6 Å². The van der Waals surface area contributed by atoms with E-state index in [1.54, 1.807) is 11.3 Å². The zero-order chi connectivity index (χ0) is 13.1. The van der Waals surface area contributed by atoms with Crippen LogP contribution in [0.5, 0.6) is 0 Å². The van der Waals surface area contributed by atoms with E-state index in [0.717, 1.165) is 18.7 Å². The molecule has 1 aromatic carbocycles. The maximum Gasteiger partial charge on any atom is 0.251 e. The first-order valence-corrected chi connectivity index (χ1v) is 7.75. The molecule has 0 radical (unpaired) electrons. The lowest BCUT2D eigenvalue weighted by atomic mass is 10.1. The van der Waals surface area contributed by atoms with Crippen molar-refractivity contribution < 1.29 is 4.79 Å². The van der Waals surface area contributed by atoms with E-state index in [0.29, 0.717) is 12.1 Å². The highest BCUT2D eigenvalue weighted by molar-refractivity contribution is 9.11. The van der Waals surface area contributed by atoms with E-state index >= 15 is 0 Å². The first-order valence-electron chi connectivity index (χ1n) is 5.35. The van der Waals surface area contributed by atoms with E-state index in [-0.39, 0.29) is 5.91 Å². The molecule has 0 saturated carbocycles. The summed E-state index contributed by atoms with van der Waals surface area (Å²) in [5, 5.41) is 2.92. The Balaban J connectivity index is 2.03. The molecule has 5 heteroatoms. The topological polar surface area (TPSA) is 29.1 Å². The lowest BCUT2D eigenvalue weighted by molar-refractivity contribution is 0.0950. The van der Waals surface area contributed by atoms with Gasteiger partial charge in [0.25, 0.3) is 5.91 Å². The van der Waals surface area contributed by atoms with Crippen molar-refractivity contribution in [3.8, 4) is 0 Å². The van der Waals surface area contributed by atoms with Crippen LogP contribution in [0, 0.1) is 6.92 Å². The summed E-state index contributed by atoms with van der Waals surface area (Å²) in [6, 6.07) is 9.64. The van der Waals surface area contributed by atoms with Gasteiger partial charge in [0.15, 0.2) is 0 Å². The Morgan fingerprint density at radius 2 is 2.06 bits per heavy atom. The van der Waals surface area contributed by atoms with Crippen molar-refractivity contribution in [2.45, 2.75) is 13.5 Å². The van der Waals surface area contributed by atoms with Crippen molar-refractivity contribution in [1.82, 2.24) is 5.32 Å². The number of carbonyl (C=O) groups is 1. The third-order valence-corrected chi connectivity index (χ3v) is 4.60. The van der Waals surface area contributed by atoms with Crippen LogP contribution >= 0.6 is 43.2 Å². The number of benzene rings is 1. The molecule has 2 nitrogen and oxygen atoms in total. The van der Waals surface area contributed by atoms with Crippen LogP contribution in [0.2, 0.25) is 0 Å². The van der Waals surface area contributed by atoms with Crippen molar-refractivity contribution in [1.29, 1.82) is 0 Å². The van der Waals surface area contributed by atoms with Crippen LogP contribution in [0.1, 0.15) is 20.8 Å². The average molecular weight is 389 g/mol. The summed E-state index contributed by atoms with van der Waals surface area (Å²) >= 11 is 8.42. The van der Waals surface area contributed by atoms with Gasteiger partial charge >= 0.3 is 0 Å². The smallest absolute Gasteiger partial charge is 0.251 e. The molecule has 0 unspecified atom stereocenters. The van der Waals surface area contributed by atoms with Crippen LogP contribution in [0.3, 0.4) is 0 Å². The maximum atomic E-state index is 12.0. The summed E-state index contributed by atoms with van der Waals surface area (Å²) in [6.07, 6.45) is 0. The standard InChI is InChI=1S/C13H11Br2NOS/c1-8-6-9(14)2-4-11(8)13(17)16-7-10-3-5-12(15)18-10/h2-6H,7H2,1H3,(H,16,17).